The van der Waals surface area contributed by atoms with E-state index in [4.69, 9.17) is 0 Å². The summed E-state index contributed by atoms with van der Waals surface area (Å²) in [5, 5.41) is 3.32. The third-order valence-corrected chi connectivity index (χ3v) is 5.80. The molecule has 1 aromatic carbocycles. The zero-order valence-corrected chi connectivity index (χ0v) is 14.2. The molecule has 0 aromatic heterocycles. The molecule has 1 atom stereocenters. The summed E-state index contributed by atoms with van der Waals surface area (Å²) in [6, 6.07) is 7.94. The molecular formula is C17H20N4O2S. The molecule has 126 valence electrons. The summed E-state index contributed by atoms with van der Waals surface area (Å²) in [6.07, 6.45) is 2.68. The lowest BCUT2D eigenvalue weighted by Crippen LogP contribution is -2.32. The monoisotopic (exact) mass is 344 g/mol. The third-order valence-electron chi connectivity index (χ3n) is 4.58. The maximum Gasteiger partial charge on any atom is 0.242 e. The highest BCUT2D eigenvalue weighted by Crippen LogP contribution is 2.32. The number of rotatable bonds is 4. The average Bonchev–Trinajstić information content (AvgIpc) is 3.29. The van der Waals surface area contributed by atoms with Gasteiger partial charge in [0.2, 0.25) is 11.8 Å². The Balaban J connectivity index is 1.33. The van der Waals surface area contributed by atoms with Crippen molar-refractivity contribution in [1.82, 2.24) is 4.90 Å². The molecule has 3 aliphatic heterocycles. The summed E-state index contributed by atoms with van der Waals surface area (Å²) in [6.45, 7) is 3.54. The van der Waals surface area contributed by atoms with Gasteiger partial charge in [-0.3, -0.25) is 19.5 Å². The number of thioether (sulfide) groups is 1. The van der Waals surface area contributed by atoms with Crippen LogP contribution in [0.15, 0.2) is 29.3 Å². The molecule has 24 heavy (non-hydrogen) atoms. The molecule has 2 fully saturated rings. The van der Waals surface area contributed by atoms with Crippen LogP contribution < -0.4 is 10.2 Å². The number of aliphatic imine (C=N–C) groups is 1. The highest BCUT2D eigenvalue weighted by Gasteiger charge is 2.40. The number of fused-ring (bicyclic) bond motifs is 1. The van der Waals surface area contributed by atoms with Crippen LogP contribution in [-0.4, -0.2) is 53.3 Å². The van der Waals surface area contributed by atoms with Gasteiger partial charge in [-0.15, -0.1) is 0 Å². The van der Waals surface area contributed by atoms with Crippen molar-refractivity contribution < 1.29 is 9.59 Å². The molecule has 3 aliphatic rings. The fraction of sp³-hybridized carbons (Fsp3) is 0.471. The van der Waals surface area contributed by atoms with Crippen LogP contribution in [0.2, 0.25) is 0 Å². The Labute approximate surface area is 145 Å². The van der Waals surface area contributed by atoms with Gasteiger partial charge in [0.1, 0.15) is 5.25 Å². The highest BCUT2D eigenvalue weighted by atomic mass is 32.2. The summed E-state index contributed by atoms with van der Waals surface area (Å²) in [7, 11) is 0. The molecule has 1 N–H and O–H groups in total. The summed E-state index contributed by atoms with van der Waals surface area (Å²) >= 11 is 1.41. The number of carbonyl (C=O) groups is 2. The van der Waals surface area contributed by atoms with Gasteiger partial charge in [-0.05, 0) is 37.1 Å². The van der Waals surface area contributed by atoms with E-state index >= 15 is 0 Å². The van der Waals surface area contributed by atoms with Crippen LogP contribution in [0.3, 0.4) is 0 Å². The number of carbonyl (C=O) groups excluding carboxylic acids is 2. The summed E-state index contributed by atoms with van der Waals surface area (Å²) < 4.78 is 0. The van der Waals surface area contributed by atoms with Gasteiger partial charge in [0.25, 0.3) is 0 Å². The first-order valence-corrected chi connectivity index (χ1v) is 9.26. The van der Waals surface area contributed by atoms with Gasteiger partial charge in [-0.2, -0.15) is 0 Å². The van der Waals surface area contributed by atoms with Crippen molar-refractivity contribution in [3.63, 3.8) is 0 Å². The van der Waals surface area contributed by atoms with Gasteiger partial charge < -0.3 is 10.2 Å². The summed E-state index contributed by atoms with van der Waals surface area (Å²) in [5.41, 5.74) is 1.97. The lowest BCUT2D eigenvalue weighted by atomic mass is 10.2. The van der Waals surface area contributed by atoms with Gasteiger partial charge in [0.15, 0.2) is 5.17 Å². The lowest BCUT2D eigenvalue weighted by Gasteiger charge is -2.18. The van der Waals surface area contributed by atoms with E-state index < -0.39 is 0 Å². The molecule has 2 amide bonds. The zero-order valence-electron chi connectivity index (χ0n) is 13.4. The van der Waals surface area contributed by atoms with Crippen LogP contribution >= 0.6 is 11.8 Å². The first-order chi connectivity index (χ1) is 11.7. The largest absolute Gasteiger partial charge is 0.372 e. The Morgan fingerprint density at radius 1 is 1.21 bits per heavy atom. The fourth-order valence-electron chi connectivity index (χ4n) is 3.32. The van der Waals surface area contributed by atoms with Crippen molar-refractivity contribution in [3.8, 4) is 0 Å². The number of hydrogen-bond donors (Lipinski definition) is 1. The Bertz CT molecular complexity index is 682. The predicted octanol–water partition coefficient (Wildman–Crippen LogP) is 1.93. The van der Waals surface area contributed by atoms with Crippen LogP contribution in [0.1, 0.15) is 19.3 Å². The lowest BCUT2D eigenvalue weighted by molar-refractivity contribution is -0.127. The second-order valence-corrected chi connectivity index (χ2v) is 7.42. The van der Waals surface area contributed by atoms with Crippen LogP contribution in [0.25, 0.3) is 0 Å². The molecule has 0 radical (unpaired) electrons. The van der Waals surface area contributed by atoms with Crippen molar-refractivity contribution in [3.05, 3.63) is 24.3 Å². The van der Waals surface area contributed by atoms with Crippen LogP contribution in [0.5, 0.6) is 0 Å². The standard InChI is InChI=1S/C17H20N4O2S/c22-15(11-14-16(23)21-10-7-18-17(21)24-14)19-12-3-5-13(6-4-12)20-8-1-2-9-20/h3-6,14H,1-2,7-11H2,(H,19,22)/t14-/m0/s1. The topological polar surface area (TPSA) is 65.0 Å². The van der Waals surface area contributed by atoms with E-state index in [1.165, 1.54) is 30.3 Å². The molecule has 7 heteroatoms. The molecule has 0 aliphatic carbocycles. The Kier molecular flexibility index (Phi) is 4.18. The molecule has 6 nitrogen and oxygen atoms in total. The number of amidine groups is 1. The van der Waals surface area contributed by atoms with Crippen molar-refractivity contribution >= 4 is 40.1 Å². The first kappa shape index (κ1) is 15.5. The minimum Gasteiger partial charge on any atom is -0.372 e. The van der Waals surface area contributed by atoms with Gasteiger partial charge >= 0.3 is 0 Å². The van der Waals surface area contributed by atoms with Gasteiger partial charge in [-0.1, -0.05) is 11.8 Å². The maximum absolute atomic E-state index is 12.2. The molecule has 1 aromatic rings. The second kappa shape index (κ2) is 6.47. The van der Waals surface area contributed by atoms with E-state index in [2.05, 4.69) is 15.2 Å². The van der Waals surface area contributed by atoms with Crippen LogP contribution in [0, 0.1) is 0 Å². The number of hydrogen-bond acceptors (Lipinski definition) is 5. The second-order valence-electron chi connectivity index (χ2n) is 6.25. The molecule has 0 spiro atoms. The van der Waals surface area contributed by atoms with E-state index in [-0.39, 0.29) is 23.5 Å². The molecular weight excluding hydrogens is 324 g/mol. The SMILES string of the molecule is O=C(C[C@@H]1SC2=NCCN2C1=O)Nc1ccc(N2CCCC2)cc1. The predicted molar refractivity (Wildman–Crippen MR) is 96.5 cm³/mol. The van der Waals surface area contributed by atoms with Crippen molar-refractivity contribution in [2.45, 2.75) is 24.5 Å². The van der Waals surface area contributed by atoms with E-state index in [0.29, 0.717) is 13.1 Å². The van der Waals surface area contributed by atoms with Crippen molar-refractivity contribution in [2.24, 2.45) is 4.99 Å². The van der Waals surface area contributed by atoms with Gasteiger partial charge in [0.05, 0.1) is 6.54 Å². The van der Waals surface area contributed by atoms with E-state index in [1.54, 1.807) is 4.90 Å². The quantitative estimate of drug-likeness (QED) is 0.906. The van der Waals surface area contributed by atoms with Crippen LogP contribution in [0.4, 0.5) is 11.4 Å². The molecule has 0 bridgehead atoms. The van der Waals surface area contributed by atoms with E-state index in [1.807, 2.05) is 24.3 Å². The van der Waals surface area contributed by atoms with Crippen LogP contribution in [-0.2, 0) is 9.59 Å². The zero-order chi connectivity index (χ0) is 16.5. The van der Waals surface area contributed by atoms with Gasteiger partial charge in [0, 0.05) is 37.4 Å². The molecule has 3 heterocycles. The summed E-state index contributed by atoms with van der Waals surface area (Å²) in [4.78, 5) is 32.8. The number of amides is 2. The minimum absolute atomic E-state index is 0.00998. The van der Waals surface area contributed by atoms with Crippen molar-refractivity contribution in [2.75, 3.05) is 36.4 Å². The number of benzene rings is 1. The smallest absolute Gasteiger partial charge is 0.242 e. The average molecular weight is 344 g/mol. The normalized spacial score (nSPS) is 22.8. The Hall–Kier alpha value is -2.02. The van der Waals surface area contributed by atoms with E-state index in [9.17, 15) is 9.59 Å². The highest BCUT2D eigenvalue weighted by molar-refractivity contribution is 8.15. The number of anilines is 2. The minimum atomic E-state index is -0.340. The Morgan fingerprint density at radius 2 is 1.96 bits per heavy atom. The summed E-state index contributed by atoms with van der Waals surface area (Å²) in [5.74, 6) is -0.118. The molecule has 2 saturated heterocycles. The third kappa shape index (κ3) is 3.00. The first-order valence-electron chi connectivity index (χ1n) is 8.38. The van der Waals surface area contributed by atoms with E-state index in [0.717, 1.165) is 23.9 Å². The fourth-order valence-corrected chi connectivity index (χ4v) is 4.52. The number of nitrogens with zero attached hydrogens (tertiary/aromatic N) is 3. The Morgan fingerprint density at radius 3 is 2.67 bits per heavy atom. The molecule has 4 rings (SSSR count). The number of nitrogens with one attached hydrogen (secondary N) is 1. The maximum atomic E-state index is 12.2. The van der Waals surface area contributed by atoms with Gasteiger partial charge in [-0.25, -0.2) is 0 Å². The van der Waals surface area contributed by atoms with Crippen molar-refractivity contribution in [1.29, 1.82) is 0 Å². The molecule has 0 unspecified atom stereocenters. The molecule has 0 saturated carbocycles.